The molecule has 23 heavy (non-hydrogen) atoms. The highest BCUT2D eigenvalue weighted by molar-refractivity contribution is 5.80. The molecule has 0 bridgehead atoms. The second kappa shape index (κ2) is 6.60. The third-order valence-corrected chi connectivity index (χ3v) is 5.09. The minimum atomic E-state index is -0.317. The summed E-state index contributed by atoms with van der Waals surface area (Å²) in [6.45, 7) is 3.03. The fourth-order valence-electron chi connectivity index (χ4n) is 3.56. The molecule has 124 valence electrons. The first-order valence-corrected chi connectivity index (χ1v) is 8.51. The molecule has 1 saturated heterocycles. The van der Waals surface area contributed by atoms with Gasteiger partial charge >= 0.3 is 6.03 Å². The first kappa shape index (κ1) is 15.8. The Bertz CT molecular complexity index is 614. The van der Waals surface area contributed by atoms with Crippen LogP contribution in [0.4, 0.5) is 4.79 Å². The number of amides is 3. The second-order valence-electron chi connectivity index (χ2n) is 6.74. The lowest BCUT2D eigenvalue weighted by Gasteiger charge is -2.23. The van der Waals surface area contributed by atoms with Gasteiger partial charge in [-0.3, -0.25) is 4.79 Å². The number of nitrogens with zero attached hydrogens (tertiary/aromatic N) is 1. The van der Waals surface area contributed by atoms with Gasteiger partial charge in [-0.05, 0) is 55.7 Å². The molecule has 2 atom stereocenters. The van der Waals surface area contributed by atoms with Crippen molar-refractivity contribution in [2.45, 2.75) is 45.1 Å². The summed E-state index contributed by atoms with van der Waals surface area (Å²) in [5.74, 6) is -0.525. The average molecular weight is 315 g/mol. The monoisotopic (exact) mass is 315 g/mol. The summed E-state index contributed by atoms with van der Waals surface area (Å²) in [5, 5.41) is 3.04. The molecule has 1 fully saturated rings. The van der Waals surface area contributed by atoms with E-state index in [1.807, 2.05) is 6.92 Å². The number of rotatable bonds is 3. The summed E-state index contributed by atoms with van der Waals surface area (Å²) in [4.78, 5) is 25.2. The fourth-order valence-corrected chi connectivity index (χ4v) is 3.56. The van der Waals surface area contributed by atoms with Crippen molar-refractivity contribution in [3.8, 4) is 0 Å². The van der Waals surface area contributed by atoms with Crippen LogP contribution in [-0.4, -0.2) is 29.9 Å². The van der Waals surface area contributed by atoms with Gasteiger partial charge in [-0.1, -0.05) is 18.2 Å². The van der Waals surface area contributed by atoms with E-state index < -0.39 is 0 Å². The number of nitrogens with one attached hydrogen (secondary N) is 1. The van der Waals surface area contributed by atoms with Gasteiger partial charge in [-0.25, -0.2) is 4.79 Å². The van der Waals surface area contributed by atoms with Crippen molar-refractivity contribution in [2.24, 2.45) is 11.7 Å². The zero-order valence-corrected chi connectivity index (χ0v) is 13.7. The number of primary amides is 1. The van der Waals surface area contributed by atoms with Gasteiger partial charge in [0.1, 0.15) is 0 Å². The third kappa shape index (κ3) is 3.49. The Hall–Kier alpha value is -2.04. The highest BCUT2D eigenvalue weighted by Crippen LogP contribution is 2.25. The SMILES string of the molecule is C[C@@H](NC(=O)N1CC[C@H](C(N)=O)C1)c1ccc2c(c1)CCCC2. The molecule has 0 spiro atoms. The number of benzene rings is 1. The molecule has 1 aromatic carbocycles. The number of likely N-dealkylation sites (tertiary alicyclic amines) is 1. The van der Waals surface area contributed by atoms with E-state index in [2.05, 4.69) is 23.5 Å². The van der Waals surface area contributed by atoms with E-state index >= 15 is 0 Å². The Labute approximate surface area is 137 Å². The van der Waals surface area contributed by atoms with E-state index in [1.54, 1.807) is 4.90 Å². The number of fused-ring (bicyclic) bond motifs is 1. The lowest BCUT2D eigenvalue weighted by molar-refractivity contribution is -0.121. The maximum absolute atomic E-state index is 12.3. The zero-order chi connectivity index (χ0) is 16.4. The molecule has 5 heteroatoms. The molecule has 1 aromatic rings. The summed E-state index contributed by atoms with van der Waals surface area (Å²) in [6, 6.07) is 6.40. The third-order valence-electron chi connectivity index (χ3n) is 5.09. The van der Waals surface area contributed by atoms with Gasteiger partial charge in [0.05, 0.1) is 12.0 Å². The van der Waals surface area contributed by atoms with Gasteiger partial charge in [0.2, 0.25) is 5.91 Å². The highest BCUT2D eigenvalue weighted by Gasteiger charge is 2.30. The van der Waals surface area contributed by atoms with Crippen LogP contribution in [0.5, 0.6) is 0 Å². The Morgan fingerprint density at radius 2 is 2.00 bits per heavy atom. The standard InChI is InChI=1S/C18H25N3O2/c1-12(14-7-6-13-4-2-3-5-15(13)10-14)20-18(23)21-9-8-16(11-21)17(19)22/h6-7,10,12,16H,2-5,8-9,11H2,1H3,(H2,19,22)(H,20,23)/t12-,16+/m1/s1. The number of hydrogen-bond donors (Lipinski definition) is 2. The van der Waals surface area contributed by atoms with Crippen LogP contribution >= 0.6 is 0 Å². The van der Waals surface area contributed by atoms with Gasteiger partial charge < -0.3 is 16.0 Å². The van der Waals surface area contributed by atoms with Crippen LogP contribution in [0.3, 0.4) is 0 Å². The number of aryl methyl sites for hydroxylation is 2. The summed E-state index contributed by atoms with van der Waals surface area (Å²) < 4.78 is 0. The van der Waals surface area contributed by atoms with Crippen LogP contribution in [0.1, 0.15) is 48.9 Å². The van der Waals surface area contributed by atoms with E-state index in [0.717, 1.165) is 12.0 Å². The summed E-state index contributed by atoms with van der Waals surface area (Å²) in [7, 11) is 0. The Morgan fingerprint density at radius 1 is 1.26 bits per heavy atom. The molecule has 3 rings (SSSR count). The molecule has 1 aliphatic carbocycles. The van der Waals surface area contributed by atoms with E-state index in [0.29, 0.717) is 19.5 Å². The minimum Gasteiger partial charge on any atom is -0.369 e. The molecule has 2 aliphatic rings. The molecular weight excluding hydrogens is 290 g/mol. The lowest BCUT2D eigenvalue weighted by atomic mass is 9.89. The first-order chi connectivity index (χ1) is 11.0. The summed E-state index contributed by atoms with van der Waals surface area (Å²) in [6.07, 6.45) is 5.49. The van der Waals surface area contributed by atoms with Crippen LogP contribution in [0.25, 0.3) is 0 Å². The van der Waals surface area contributed by atoms with E-state index in [-0.39, 0.29) is 23.9 Å². The molecule has 1 heterocycles. The Balaban J connectivity index is 1.61. The molecule has 0 unspecified atom stereocenters. The maximum atomic E-state index is 12.3. The van der Waals surface area contributed by atoms with Crippen molar-refractivity contribution < 1.29 is 9.59 Å². The quantitative estimate of drug-likeness (QED) is 0.896. The molecule has 3 N–H and O–H groups in total. The summed E-state index contributed by atoms with van der Waals surface area (Å²) >= 11 is 0. The predicted molar refractivity (Wildman–Crippen MR) is 88.9 cm³/mol. The zero-order valence-electron chi connectivity index (χ0n) is 13.7. The van der Waals surface area contributed by atoms with Crippen molar-refractivity contribution in [1.29, 1.82) is 0 Å². The second-order valence-corrected chi connectivity index (χ2v) is 6.74. The Morgan fingerprint density at radius 3 is 2.70 bits per heavy atom. The molecule has 0 aromatic heterocycles. The number of nitrogens with two attached hydrogens (primary N) is 1. The predicted octanol–water partition coefficient (Wildman–Crippen LogP) is 2.14. The number of carbonyl (C=O) groups excluding carboxylic acids is 2. The fraction of sp³-hybridized carbons (Fsp3) is 0.556. The van der Waals surface area contributed by atoms with E-state index in [4.69, 9.17) is 5.73 Å². The maximum Gasteiger partial charge on any atom is 0.317 e. The van der Waals surface area contributed by atoms with Crippen LogP contribution in [-0.2, 0) is 17.6 Å². The van der Waals surface area contributed by atoms with Gasteiger partial charge in [-0.15, -0.1) is 0 Å². The Kier molecular flexibility index (Phi) is 4.55. The van der Waals surface area contributed by atoms with Crippen molar-refractivity contribution in [3.05, 3.63) is 34.9 Å². The number of hydrogen-bond acceptors (Lipinski definition) is 2. The van der Waals surface area contributed by atoms with Gasteiger partial charge in [0.15, 0.2) is 0 Å². The normalized spacial score (nSPS) is 21.6. The van der Waals surface area contributed by atoms with Crippen LogP contribution in [0.15, 0.2) is 18.2 Å². The smallest absolute Gasteiger partial charge is 0.317 e. The summed E-state index contributed by atoms with van der Waals surface area (Å²) in [5.41, 5.74) is 9.33. The first-order valence-electron chi connectivity index (χ1n) is 8.51. The van der Waals surface area contributed by atoms with Crippen LogP contribution in [0.2, 0.25) is 0 Å². The van der Waals surface area contributed by atoms with Crippen LogP contribution < -0.4 is 11.1 Å². The van der Waals surface area contributed by atoms with Gasteiger partial charge in [0.25, 0.3) is 0 Å². The molecular formula is C18H25N3O2. The number of carbonyl (C=O) groups is 2. The average Bonchev–Trinajstić information content (AvgIpc) is 3.04. The van der Waals surface area contributed by atoms with Gasteiger partial charge in [0, 0.05) is 13.1 Å². The molecule has 5 nitrogen and oxygen atoms in total. The van der Waals surface area contributed by atoms with Crippen LogP contribution in [0, 0.1) is 5.92 Å². The molecule has 3 amide bonds. The number of urea groups is 1. The van der Waals surface area contributed by atoms with Gasteiger partial charge in [-0.2, -0.15) is 0 Å². The van der Waals surface area contributed by atoms with Crippen molar-refractivity contribution in [3.63, 3.8) is 0 Å². The lowest BCUT2D eigenvalue weighted by Crippen LogP contribution is -2.40. The van der Waals surface area contributed by atoms with Crippen molar-refractivity contribution in [1.82, 2.24) is 10.2 Å². The highest BCUT2D eigenvalue weighted by atomic mass is 16.2. The molecule has 0 saturated carbocycles. The molecule has 1 aliphatic heterocycles. The largest absolute Gasteiger partial charge is 0.369 e. The van der Waals surface area contributed by atoms with Crippen molar-refractivity contribution >= 4 is 11.9 Å². The van der Waals surface area contributed by atoms with Crippen molar-refractivity contribution in [2.75, 3.05) is 13.1 Å². The molecule has 0 radical (unpaired) electrons. The van der Waals surface area contributed by atoms with E-state index in [9.17, 15) is 9.59 Å². The topological polar surface area (TPSA) is 75.4 Å². The minimum absolute atomic E-state index is 0.0395. The van der Waals surface area contributed by atoms with E-state index in [1.165, 1.54) is 30.4 Å².